The highest BCUT2D eigenvalue weighted by Gasteiger charge is 2.16. The van der Waals surface area contributed by atoms with Gasteiger partial charge < -0.3 is 19.5 Å². The molecule has 1 aliphatic rings. The number of anilines is 1. The molecule has 0 aliphatic carbocycles. The second-order valence-corrected chi connectivity index (χ2v) is 5.98. The van der Waals surface area contributed by atoms with Crippen molar-refractivity contribution in [2.45, 2.75) is 20.1 Å². The number of halogens is 1. The van der Waals surface area contributed by atoms with E-state index in [1.54, 1.807) is 12.1 Å². The molecule has 0 atom stereocenters. The Morgan fingerprint density at radius 3 is 2.92 bits per heavy atom. The highest BCUT2D eigenvalue weighted by molar-refractivity contribution is 6.30. The van der Waals surface area contributed by atoms with Crippen LogP contribution in [-0.2, 0) is 22.6 Å². The Kier molecular flexibility index (Phi) is 4.92. The molecule has 0 spiro atoms. The van der Waals surface area contributed by atoms with Gasteiger partial charge in [0.15, 0.2) is 6.79 Å². The number of methoxy groups -OCH3 is 1. The minimum atomic E-state index is -0.345. The molecule has 0 saturated heterocycles. The minimum absolute atomic E-state index is 0.245. The molecule has 2 aromatic carbocycles. The molecule has 0 saturated carbocycles. The Bertz CT molecular complexity index is 776. The van der Waals surface area contributed by atoms with Crippen molar-refractivity contribution >= 4 is 23.3 Å². The average molecular weight is 348 g/mol. The first-order chi connectivity index (χ1) is 11.6. The van der Waals surface area contributed by atoms with E-state index in [0.717, 1.165) is 28.1 Å². The minimum Gasteiger partial charge on any atom is -0.467 e. The van der Waals surface area contributed by atoms with Crippen LogP contribution in [0.25, 0.3) is 0 Å². The first-order valence-corrected chi connectivity index (χ1v) is 7.91. The number of rotatable bonds is 4. The maximum absolute atomic E-state index is 11.6. The molecule has 1 heterocycles. The second-order valence-electron chi connectivity index (χ2n) is 5.54. The monoisotopic (exact) mass is 347 g/mol. The van der Waals surface area contributed by atoms with Crippen molar-refractivity contribution in [3.8, 4) is 5.75 Å². The number of esters is 1. The Labute approximate surface area is 145 Å². The quantitative estimate of drug-likeness (QED) is 0.850. The van der Waals surface area contributed by atoms with Gasteiger partial charge in [0.05, 0.1) is 19.3 Å². The third-order valence-corrected chi connectivity index (χ3v) is 4.09. The molecule has 0 fully saturated rings. The van der Waals surface area contributed by atoms with Crippen LogP contribution >= 0.6 is 11.6 Å². The van der Waals surface area contributed by atoms with Gasteiger partial charge in [0.1, 0.15) is 5.75 Å². The molecule has 3 rings (SSSR count). The molecular formula is C18H18ClNO4. The van der Waals surface area contributed by atoms with Crippen molar-refractivity contribution in [3.63, 3.8) is 0 Å². The molecule has 2 aromatic rings. The van der Waals surface area contributed by atoms with Crippen LogP contribution in [0.1, 0.15) is 27.0 Å². The van der Waals surface area contributed by atoms with Crippen LogP contribution in [-0.4, -0.2) is 19.9 Å². The summed E-state index contributed by atoms with van der Waals surface area (Å²) < 4.78 is 15.6. The number of hydrogen-bond donors (Lipinski definition) is 1. The zero-order valence-electron chi connectivity index (χ0n) is 13.5. The number of aryl methyl sites for hydroxylation is 1. The summed E-state index contributed by atoms with van der Waals surface area (Å²) in [6, 6.07) is 9.14. The summed E-state index contributed by atoms with van der Waals surface area (Å²) in [5.74, 6) is 0.476. The average Bonchev–Trinajstić information content (AvgIpc) is 2.59. The molecule has 0 aromatic heterocycles. The summed E-state index contributed by atoms with van der Waals surface area (Å²) in [7, 11) is 1.37. The molecule has 5 nitrogen and oxygen atoms in total. The Morgan fingerprint density at radius 2 is 2.17 bits per heavy atom. The van der Waals surface area contributed by atoms with Crippen molar-refractivity contribution < 1.29 is 19.0 Å². The standard InChI is InChI=1S/C18H18ClNO4/c1-11-5-12(18(21)22-2)3-4-16(11)20-8-13-6-15(19)7-14-9-23-10-24-17(13)14/h3-7,20H,8-10H2,1-2H3. The number of fused-ring (bicyclic) bond motifs is 1. The lowest BCUT2D eigenvalue weighted by molar-refractivity contribution is -0.0169. The molecule has 0 amide bonds. The number of hydrogen-bond acceptors (Lipinski definition) is 5. The van der Waals surface area contributed by atoms with Gasteiger partial charge in [-0.2, -0.15) is 0 Å². The van der Waals surface area contributed by atoms with Crippen LogP contribution in [0.2, 0.25) is 5.02 Å². The molecule has 0 bridgehead atoms. The molecule has 1 N–H and O–H groups in total. The van der Waals surface area contributed by atoms with Gasteiger partial charge in [-0.15, -0.1) is 0 Å². The van der Waals surface area contributed by atoms with Crippen LogP contribution < -0.4 is 10.1 Å². The SMILES string of the molecule is COC(=O)c1ccc(NCc2cc(Cl)cc3c2OCOC3)c(C)c1. The molecule has 6 heteroatoms. The maximum atomic E-state index is 11.6. The highest BCUT2D eigenvalue weighted by Crippen LogP contribution is 2.32. The van der Waals surface area contributed by atoms with E-state index in [0.29, 0.717) is 23.7 Å². The van der Waals surface area contributed by atoms with Gasteiger partial charge in [-0.25, -0.2) is 4.79 Å². The summed E-state index contributed by atoms with van der Waals surface area (Å²) in [5.41, 5.74) is 4.34. The number of carbonyl (C=O) groups excluding carboxylic acids is 1. The fourth-order valence-electron chi connectivity index (χ4n) is 2.69. The largest absolute Gasteiger partial charge is 0.467 e. The van der Waals surface area contributed by atoms with E-state index < -0.39 is 0 Å². The van der Waals surface area contributed by atoms with E-state index in [9.17, 15) is 4.79 Å². The lowest BCUT2D eigenvalue weighted by atomic mass is 10.1. The van der Waals surface area contributed by atoms with Crippen LogP contribution in [0.5, 0.6) is 5.75 Å². The first kappa shape index (κ1) is 16.6. The van der Waals surface area contributed by atoms with Crippen LogP contribution in [0.15, 0.2) is 30.3 Å². The van der Waals surface area contributed by atoms with E-state index >= 15 is 0 Å². The molecule has 24 heavy (non-hydrogen) atoms. The third kappa shape index (κ3) is 3.47. The zero-order chi connectivity index (χ0) is 17.1. The lowest BCUT2D eigenvalue weighted by Gasteiger charge is -2.21. The van der Waals surface area contributed by atoms with Gasteiger partial charge >= 0.3 is 5.97 Å². The van der Waals surface area contributed by atoms with Crippen molar-refractivity contribution in [3.05, 3.63) is 57.6 Å². The summed E-state index contributed by atoms with van der Waals surface area (Å²) in [6.07, 6.45) is 0. The Balaban J connectivity index is 1.79. The van der Waals surface area contributed by atoms with Gasteiger partial charge in [-0.3, -0.25) is 0 Å². The predicted octanol–water partition coefficient (Wildman–Crippen LogP) is 3.91. The van der Waals surface area contributed by atoms with E-state index in [-0.39, 0.29) is 12.8 Å². The van der Waals surface area contributed by atoms with Crippen molar-refractivity contribution in [2.24, 2.45) is 0 Å². The molecule has 0 unspecified atom stereocenters. The molecular weight excluding hydrogens is 330 g/mol. The van der Waals surface area contributed by atoms with E-state index in [2.05, 4.69) is 5.32 Å². The van der Waals surface area contributed by atoms with Gasteiger partial charge in [-0.05, 0) is 42.8 Å². The number of benzene rings is 2. The smallest absolute Gasteiger partial charge is 0.337 e. The third-order valence-electron chi connectivity index (χ3n) is 3.87. The fourth-order valence-corrected chi connectivity index (χ4v) is 2.95. The van der Waals surface area contributed by atoms with Crippen LogP contribution in [0.3, 0.4) is 0 Å². The first-order valence-electron chi connectivity index (χ1n) is 7.53. The molecule has 1 aliphatic heterocycles. The van der Waals surface area contributed by atoms with Gasteiger partial charge in [0.25, 0.3) is 0 Å². The second kappa shape index (κ2) is 7.11. The summed E-state index contributed by atoms with van der Waals surface area (Å²) in [6.45, 7) is 3.23. The molecule has 126 valence electrons. The van der Waals surface area contributed by atoms with Gasteiger partial charge in [0, 0.05) is 28.4 Å². The molecule has 0 radical (unpaired) electrons. The lowest BCUT2D eigenvalue weighted by Crippen LogP contribution is -2.14. The van der Waals surface area contributed by atoms with Gasteiger partial charge in [-0.1, -0.05) is 11.6 Å². The predicted molar refractivity (Wildman–Crippen MR) is 91.6 cm³/mol. The summed E-state index contributed by atoms with van der Waals surface area (Å²) in [5, 5.41) is 4.01. The number of ether oxygens (including phenoxy) is 3. The van der Waals surface area contributed by atoms with E-state index in [4.69, 9.17) is 25.8 Å². The summed E-state index contributed by atoms with van der Waals surface area (Å²) in [4.78, 5) is 11.6. The van der Waals surface area contributed by atoms with Crippen molar-refractivity contribution in [1.82, 2.24) is 0 Å². The van der Waals surface area contributed by atoms with Crippen LogP contribution in [0.4, 0.5) is 5.69 Å². The maximum Gasteiger partial charge on any atom is 0.337 e. The Morgan fingerprint density at radius 1 is 1.33 bits per heavy atom. The highest BCUT2D eigenvalue weighted by atomic mass is 35.5. The van der Waals surface area contributed by atoms with Gasteiger partial charge in [0.2, 0.25) is 0 Å². The van der Waals surface area contributed by atoms with E-state index in [1.165, 1.54) is 7.11 Å². The fraction of sp³-hybridized carbons (Fsp3) is 0.278. The Hall–Kier alpha value is -2.24. The topological polar surface area (TPSA) is 56.8 Å². The zero-order valence-corrected chi connectivity index (χ0v) is 14.3. The van der Waals surface area contributed by atoms with E-state index in [1.807, 2.05) is 25.1 Å². The summed E-state index contributed by atoms with van der Waals surface area (Å²) >= 11 is 6.18. The van der Waals surface area contributed by atoms with Crippen molar-refractivity contribution in [2.75, 3.05) is 19.2 Å². The normalized spacial score (nSPS) is 13.0. The number of carbonyl (C=O) groups is 1. The van der Waals surface area contributed by atoms with Crippen molar-refractivity contribution in [1.29, 1.82) is 0 Å². The van der Waals surface area contributed by atoms with Crippen LogP contribution in [0, 0.1) is 6.92 Å². The number of nitrogens with one attached hydrogen (secondary N) is 1.